The van der Waals surface area contributed by atoms with Crippen molar-refractivity contribution in [3.8, 4) is 0 Å². The van der Waals surface area contributed by atoms with Gasteiger partial charge in [-0.05, 0) is 31.5 Å². The van der Waals surface area contributed by atoms with Crippen LogP contribution in [0.25, 0.3) is 0 Å². The summed E-state index contributed by atoms with van der Waals surface area (Å²) in [6.07, 6.45) is 1.61. The Balaban J connectivity index is 0.00000242. The zero-order valence-electron chi connectivity index (χ0n) is 12.5. The predicted octanol–water partition coefficient (Wildman–Crippen LogP) is 1.81. The molecule has 0 radical (unpaired) electrons. The van der Waals surface area contributed by atoms with Crippen LogP contribution in [0, 0.1) is 11.6 Å². The average Bonchev–Trinajstić information content (AvgIpc) is 2.90. The second-order valence-corrected chi connectivity index (χ2v) is 5.40. The van der Waals surface area contributed by atoms with Crippen molar-refractivity contribution in [1.82, 2.24) is 10.6 Å². The van der Waals surface area contributed by atoms with Crippen LogP contribution in [-0.4, -0.2) is 38.3 Å². The van der Waals surface area contributed by atoms with Gasteiger partial charge in [-0.2, -0.15) is 0 Å². The maximum absolute atomic E-state index is 13.5. The Morgan fingerprint density at radius 1 is 1.41 bits per heavy atom. The van der Waals surface area contributed by atoms with Gasteiger partial charge >= 0.3 is 0 Å². The van der Waals surface area contributed by atoms with Crippen molar-refractivity contribution < 1.29 is 18.3 Å². The molecule has 1 aliphatic heterocycles. The summed E-state index contributed by atoms with van der Waals surface area (Å²) in [6, 6.07) is 3.58. The molecule has 4 nitrogen and oxygen atoms in total. The molecule has 1 saturated heterocycles. The molecular weight excluding hydrogens is 314 g/mol. The molecule has 1 aliphatic rings. The summed E-state index contributed by atoms with van der Waals surface area (Å²) in [4.78, 5) is 11.9. The van der Waals surface area contributed by atoms with Gasteiger partial charge in [0.25, 0.3) is 0 Å². The van der Waals surface area contributed by atoms with Crippen LogP contribution in [0.5, 0.6) is 0 Å². The van der Waals surface area contributed by atoms with Crippen LogP contribution in [0.3, 0.4) is 0 Å². The summed E-state index contributed by atoms with van der Waals surface area (Å²) >= 11 is 0. The number of carbonyl (C=O) groups excluding carboxylic acids is 1. The lowest BCUT2D eigenvalue weighted by molar-refractivity contribution is -0.120. The van der Waals surface area contributed by atoms with E-state index in [0.717, 1.165) is 31.5 Å². The summed E-state index contributed by atoms with van der Waals surface area (Å²) in [5.41, 5.74) is -0.478. The fourth-order valence-corrected chi connectivity index (χ4v) is 2.66. The first-order valence-corrected chi connectivity index (χ1v) is 7.00. The van der Waals surface area contributed by atoms with Crippen molar-refractivity contribution in [2.45, 2.75) is 24.8 Å². The lowest BCUT2D eigenvalue weighted by Gasteiger charge is -2.29. The number of benzene rings is 1. The van der Waals surface area contributed by atoms with E-state index in [0.29, 0.717) is 13.2 Å². The van der Waals surface area contributed by atoms with Crippen LogP contribution in [0.1, 0.15) is 18.4 Å². The van der Waals surface area contributed by atoms with Crippen molar-refractivity contribution in [2.24, 2.45) is 0 Å². The molecule has 2 rings (SSSR count). The highest BCUT2D eigenvalue weighted by Gasteiger charge is 2.33. The van der Waals surface area contributed by atoms with E-state index in [9.17, 15) is 13.6 Å². The quantitative estimate of drug-likeness (QED) is 0.834. The number of carbonyl (C=O) groups is 1. The Morgan fingerprint density at radius 3 is 2.64 bits per heavy atom. The average molecular weight is 335 g/mol. The molecular formula is C15H21ClF2N2O2. The summed E-state index contributed by atoms with van der Waals surface area (Å²) in [6.45, 7) is 1.75. The minimum Gasteiger partial charge on any atom is -0.383 e. The van der Waals surface area contributed by atoms with Crippen molar-refractivity contribution >= 4 is 18.3 Å². The molecule has 2 N–H and O–H groups in total. The summed E-state index contributed by atoms with van der Waals surface area (Å²) in [5, 5.41) is 6.06. The van der Waals surface area contributed by atoms with Gasteiger partial charge in [0.2, 0.25) is 5.91 Å². The number of hydrogen-bond donors (Lipinski definition) is 2. The Bertz CT molecular complexity index is 488. The van der Waals surface area contributed by atoms with Crippen LogP contribution in [0.2, 0.25) is 0 Å². The van der Waals surface area contributed by atoms with Gasteiger partial charge in [-0.25, -0.2) is 8.78 Å². The normalized spacial score (nSPS) is 20.5. The minimum atomic E-state index is -0.698. The number of halogens is 3. The molecule has 0 aromatic heterocycles. The smallest absolute Gasteiger partial charge is 0.224 e. The lowest BCUT2D eigenvalue weighted by atomic mass is 9.98. The van der Waals surface area contributed by atoms with Gasteiger partial charge in [0.1, 0.15) is 11.6 Å². The van der Waals surface area contributed by atoms with Gasteiger partial charge in [0.15, 0.2) is 0 Å². The van der Waals surface area contributed by atoms with Gasteiger partial charge < -0.3 is 15.4 Å². The number of hydrogen-bond acceptors (Lipinski definition) is 3. The first-order chi connectivity index (χ1) is 10.1. The summed E-state index contributed by atoms with van der Waals surface area (Å²) in [5.74, 6) is -1.80. The Kier molecular flexibility index (Phi) is 7.19. The Labute approximate surface area is 135 Å². The molecule has 0 saturated carbocycles. The van der Waals surface area contributed by atoms with E-state index in [1.54, 1.807) is 7.11 Å². The first kappa shape index (κ1) is 18.8. The number of nitrogens with one attached hydrogen (secondary N) is 2. The molecule has 0 bridgehead atoms. The first-order valence-electron chi connectivity index (χ1n) is 7.00. The van der Waals surface area contributed by atoms with E-state index in [4.69, 9.17) is 4.74 Å². The van der Waals surface area contributed by atoms with Crippen LogP contribution in [-0.2, 0) is 16.0 Å². The van der Waals surface area contributed by atoms with Crippen LogP contribution < -0.4 is 10.6 Å². The highest BCUT2D eigenvalue weighted by Crippen LogP contribution is 2.19. The third-order valence-corrected chi connectivity index (χ3v) is 3.78. The molecule has 0 spiro atoms. The predicted molar refractivity (Wildman–Crippen MR) is 82.2 cm³/mol. The van der Waals surface area contributed by atoms with E-state index in [1.807, 2.05) is 0 Å². The highest BCUT2D eigenvalue weighted by atomic mass is 35.5. The van der Waals surface area contributed by atoms with Crippen molar-refractivity contribution in [3.63, 3.8) is 0 Å². The second-order valence-electron chi connectivity index (χ2n) is 5.40. The number of methoxy groups -OCH3 is 1. The second kappa shape index (κ2) is 8.41. The molecule has 1 aromatic rings. The van der Waals surface area contributed by atoms with Crippen molar-refractivity contribution in [1.29, 1.82) is 0 Å². The van der Waals surface area contributed by atoms with Crippen LogP contribution in [0.4, 0.5) is 8.78 Å². The van der Waals surface area contributed by atoms with Gasteiger partial charge in [-0.15, -0.1) is 12.4 Å². The fourth-order valence-electron chi connectivity index (χ4n) is 2.66. The van der Waals surface area contributed by atoms with E-state index in [-0.39, 0.29) is 29.9 Å². The lowest BCUT2D eigenvalue weighted by Crippen LogP contribution is -2.53. The van der Waals surface area contributed by atoms with Gasteiger partial charge in [-0.1, -0.05) is 6.07 Å². The van der Waals surface area contributed by atoms with Gasteiger partial charge in [0.05, 0.1) is 18.6 Å². The van der Waals surface area contributed by atoms with Crippen molar-refractivity contribution in [3.05, 3.63) is 35.4 Å². The summed E-state index contributed by atoms with van der Waals surface area (Å²) < 4.78 is 32.2. The maximum Gasteiger partial charge on any atom is 0.224 e. The molecule has 1 heterocycles. The van der Waals surface area contributed by atoms with Crippen LogP contribution in [0.15, 0.2) is 18.2 Å². The largest absolute Gasteiger partial charge is 0.383 e. The molecule has 1 atom stereocenters. The SMILES string of the molecule is COCC1(CNC(=O)Cc2c(F)cccc2F)CCCN1.Cl. The standard InChI is InChI=1S/C15H20F2N2O2.ClH/c1-21-10-15(6-3-7-19-15)9-18-14(20)8-11-12(16)4-2-5-13(11)17;/h2,4-5,19H,3,6-10H2,1H3,(H,18,20);1H. The monoisotopic (exact) mass is 334 g/mol. The summed E-state index contributed by atoms with van der Waals surface area (Å²) in [7, 11) is 1.61. The van der Waals surface area contributed by atoms with Gasteiger partial charge in [0, 0.05) is 19.2 Å². The molecule has 22 heavy (non-hydrogen) atoms. The zero-order valence-corrected chi connectivity index (χ0v) is 13.3. The molecule has 1 aromatic carbocycles. The molecule has 124 valence electrons. The number of ether oxygens (including phenoxy) is 1. The fraction of sp³-hybridized carbons (Fsp3) is 0.533. The highest BCUT2D eigenvalue weighted by molar-refractivity contribution is 5.85. The van der Waals surface area contributed by atoms with E-state index in [2.05, 4.69) is 10.6 Å². The number of rotatable bonds is 6. The molecule has 1 amide bonds. The minimum absolute atomic E-state index is 0. The Morgan fingerprint density at radius 2 is 2.09 bits per heavy atom. The third-order valence-electron chi connectivity index (χ3n) is 3.78. The molecule has 7 heteroatoms. The molecule has 1 unspecified atom stereocenters. The Hall–Kier alpha value is -1.24. The van der Waals surface area contributed by atoms with E-state index >= 15 is 0 Å². The zero-order chi connectivity index (χ0) is 15.3. The van der Waals surface area contributed by atoms with E-state index in [1.165, 1.54) is 6.07 Å². The van der Waals surface area contributed by atoms with E-state index < -0.39 is 17.5 Å². The molecule has 0 aliphatic carbocycles. The third kappa shape index (κ3) is 4.63. The van der Waals surface area contributed by atoms with Gasteiger partial charge in [-0.3, -0.25) is 4.79 Å². The maximum atomic E-state index is 13.5. The topological polar surface area (TPSA) is 50.4 Å². The molecule has 1 fully saturated rings. The van der Waals surface area contributed by atoms with Crippen molar-refractivity contribution in [2.75, 3.05) is 26.8 Å². The number of amides is 1. The van der Waals surface area contributed by atoms with Crippen LogP contribution >= 0.6 is 12.4 Å².